The van der Waals surface area contributed by atoms with E-state index in [9.17, 15) is 14.9 Å². The third-order valence-electron chi connectivity index (χ3n) is 4.19. The van der Waals surface area contributed by atoms with Crippen LogP contribution in [0.2, 0.25) is 0 Å². The number of hydrogen-bond donors (Lipinski definition) is 0. The summed E-state index contributed by atoms with van der Waals surface area (Å²) in [7, 11) is 0. The number of non-ortho nitro benzene ring substituents is 1. The fourth-order valence-corrected chi connectivity index (χ4v) is 4.00. The second-order valence-electron chi connectivity index (χ2n) is 5.97. The first-order valence-electron chi connectivity index (χ1n) is 8.36. The topological polar surface area (TPSA) is 86.7 Å². The van der Waals surface area contributed by atoms with Crippen molar-refractivity contribution in [2.75, 3.05) is 6.61 Å². The van der Waals surface area contributed by atoms with Gasteiger partial charge in [-0.05, 0) is 36.8 Å². The second kappa shape index (κ2) is 6.81. The molecule has 0 aliphatic rings. The minimum absolute atomic E-state index is 0.0550. The Morgan fingerprint density at radius 3 is 2.74 bits per heavy atom. The van der Waals surface area contributed by atoms with Gasteiger partial charge in [-0.15, -0.1) is 0 Å². The van der Waals surface area contributed by atoms with E-state index in [1.54, 1.807) is 19.1 Å². The zero-order valence-corrected chi connectivity index (χ0v) is 15.2. The van der Waals surface area contributed by atoms with Crippen LogP contribution in [-0.4, -0.2) is 26.9 Å². The van der Waals surface area contributed by atoms with E-state index >= 15 is 0 Å². The van der Waals surface area contributed by atoms with E-state index < -0.39 is 4.92 Å². The average Bonchev–Trinajstić information content (AvgIpc) is 3.19. The molecule has 0 unspecified atom stereocenters. The van der Waals surface area contributed by atoms with Crippen LogP contribution in [0.3, 0.4) is 0 Å². The Morgan fingerprint density at radius 1 is 1.26 bits per heavy atom. The third-order valence-corrected chi connectivity index (χ3v) is 5.20. The van der Waals surface area contributed by atoms with Crippen LogP contribution < -0.4 is 0 Å². The molecule has 136 valence electrons. The van der Waals surface area contributed by atoms with Gasteiger partial charge >= 0.3 is 5.97 Å². The number of ether oxygens (including phenoxy) is 1. The number of benzene rings is 2. The van der Waals surface area contributed by atoms with E-state index in [4.69, 9.17) is 4.74 Å². The molecule has 0 saturated heterocycles. The maximum absolute atomic E-state index is 11.7. The van der Waals surface area contributed by atoms with Crippen molar-refractivity contribution >= 4 is 38.2 Å². The lowest BCUT2D eigenvalue weighted by Gasteiger charge is -2.02. The summed E-state index contributed by atoms with van der Waals surface area (Å²) in [6, 6.07) is 12.2. The summed E-state index contributed by atoms with van der Waals surface area (Å²) in [6.45, 7) is 2.16. The van der Waals surface area contributed by atoms with Gasteiger partial charge in [0.15, 0.2) is 4.96 Å². The highest BCUT2D eigenvalue weighted by Gasteiger charge is 2.13. The molecule has 0 atom stereocenters. The average molecular weight is 381 g/mol. The summed E-state index contributed by atoms with van der Waals surface area (Å²) in [5, 5.41) is 10.8. The number of aromatic nitrogens is 2. The highest BCUT2D eigenvalue weighted by Crippen LogP contribution is 2.30. The van der Waals surface area contributed by atoms with Gasteiger partial charge in [-0.3, -0.25) is 19.3 Å². The van der Waals surface area contributed by atoms with Gasteiger partial charge in [0.05, 0.1) is 33.9 Å². The van der Waals surface area contributed by atoms with E-state index in [0.29, 0.717) is 6.61 Å². The van der Waals surface area contributed by atoms with E-state index in [0.717, 1.165) is 32.0 Å². The van der Waals surface area contributed by atoms with Crippen molar-refractivity contribution in [1.29, 1.82) is 0 Å². The van der Waals surface area contributed by atoms with Gasteiger partial charge in [-0.25, -0.2) is 4.98 Å². The Balaban J connectivity index is 1.67. The van der Waals surface area contributed by atoms with Gasteiger partial charge in [0.25, 0.3) is 5.69 Å². The second-order valence-corrected chi connectivity index (χ2v) is 6.98. The molecular weight excluding hydrogens is 366 g/mol. The Hall–Kier alpha value is -3.26. The molecule has 0 aliphatic carbocycles. The van der Waals surface area contributed by atoms with E-state index in [1.165, 1.54) is 23.5 Å². The number of thiazole rings is 1. The number of fused-ring (bicyclic) bond motifs is 3. The lowest BCUT2D eigenvalue weighted by Crippen LogP contribution is -2.07. The molecule has 2 aromatic heterocycles. The van der Waals surface area contributed by atoms with Crippen molar-refractivity contribution in [2.24, 2.45) is 0 Å². The lowest BCUT2D eigenvalue weighted by atomic mass is 10.1. The number of nitro groups is 1. The van der Waals surface area contributed by atoms with Crippen LogP contribution in [0.1, 0.15) is 12.5 Å². The molecule has 27 heavy (non-hydrogen) atoms. The first-order valence-corrected chi connectivity index (χ1v) is 9.18. The number of nitro benzene ring substituents is 1. The zero-order valence-electron chi connectivity index (χ0n) is 14.4. The lowest BCUT2D eigenvalue weighted by molar-refractivity contribution is -0.384. The molecule has 0 amide bonds. The van der Waals surface area contributed by atoms with E-state index in [1.807, 2.05) is 28.8 Å². The van der Waals surface area contributed by atoms with Gasteiger partial charge < -0.3 is 4.74 Å². The van der Waals surface area contributed by atoms with Gasteiger partial charge in [0.2, 0.25) is 0 Å². The summed E-state index contributed by atoms with van der Waals surface area (Å²) >= 11 is 1.53. The number of esters is 1. The fraction of sp³-hybridized carbons (Fsp3) is 0.158. The normalized spacial score (nSPS) is 11.1. The minimum atomic E-state index is -0.420. The molecule has 0 aliphatic heterocycles. The smallest absolute Gasteiger partial charge is 0.310 e. The van der Waals surface area contributed by atoms with Crippen molar-refractivity contribution in [3.8, 4) is 11.3 Å². The molecule has 0 fully saturated rings. The van der Waals surface area contributed by atoms with E-state index in [-0.39, 0.29) is 18.1 Å². The Bertz CT molecular complexity index is 1160. The largest absolute Gasteiger partial charge is 0.466 e. The molecule has 0 radical (unpaired) electrons. The Morgan fingerprint density at radius 2 is 2.04 bits per heavy atom. The van der Waals surface area contributed by atoms with Crippen molar-refractivity contribution < 1.29 is 14.5 Å². The fourth-order valence-electron chi connectivity index (χ4n) is 2.93. The number of imidazole rings is 1. The minimum Gasteiger partial charge on any atom is -0.466 e. The maximum Gasteiger partial charge on any atom is 0.310 e. The molecule has 0 saturated carbocycles. The quantitative estimate of drug-likeness (QED) is 0.293. The first-order chi connectivity index (χ1) is 13.0. The number of hydrogen-bond acceptors (Lipinski definition) is 6. The molecule has 0 spiro atoms. The molecule has 2 aromatic carbocycles. The number of carbonyl (C=O) groups is 1. The van der Waals surface area contributed by atoms with Crippen molar-refractivity contribution in [3.05, 3.63) is 64.3 Å². The van der Waals surface area contributed by atoms with Crippen LogP contribution >= 0.6 is 11.3 Å². The highest BCUT2D eigenvalue weighted by molar-refractivity contribution is 7.23. The molecule has 7 nitrogen and oxygen atoms in total. The zero-order chi connectivity index (χ0) is 19.0. The summed E-state index contributed by atoms with van der Waals surface area (Å²) in [5.74, 6) is -0.237. The Labute approximate surface area is 158 Å². The number of rotatable bonds is 5. The molecule has 0 N–H and O–H groups in total. The predicted molar refractivity (Wildman–Crippen MR) is 103 cm³/mol. The van der Waals surface area contributed by atoms with Gasteiger partial charge in [0, 0.05) is 23.9 Å². The maximum atomic E-state index is 11.7. The van der Waals surface area contributed by atoms with Crippen molar-refractivity contribution in [1.82, 2.24) is 9.38 Å². The van der Waals surface area contributed by atoms with Gasteiger partial charge in [0.1, 0.15) is 0 Å². The van der Waals surface area contributed by atoms with Gasteiger partial charge in [-0.1, -0.05) is 17.4 Å². The monoisotopic (exact) mass is 381 g/mol. The predicted octanol–water partition coefficient (Wildman–Crippen LogP) is 4.23. The SMILES string of the molecule is CCOC(=O)Cc1ccc2c(c1)sc1nc(-c3ccc([N+](=O)[O-])cc3)cn12. The molecule has 4 rings (SSSR count). The molecule has 4 aromatic rings. The van der Waals surface area contributed by atoms with Crippen LogP contribution in [0.5, 0.6) is 0 Å². The number of nitrogens with zero attached hydrogens (tertiary/aromatic N) is 3. The Kier molecular flexibility index (Phi) is 4.33. The number of carbonyl (C=O) groups excluding carboxylic acids is 1. The van der Waals surface area contributed by atoms with E-state index in [2.05, 4.69) is 4.98 Å². The van der Waals surface area contributed by atoms with Crippen molar-refractivity contribution in [2.45, 2.75) is 13.3 Å². The van der Waals surface area contributed by atoms with Gasteiger partial charge in [-0.2, -0.15) is 0 Å². The molecule has 0 bridgehead atoms. The van der Waals surface area contributed by atoms with Crippen LogP contribution in [0.4, 0.5) is 5.69 Å². The third kappa shape index (κ3) is 3.26. The highest BCUT2D eigenvalue weighted by atomic mass is 32.1. The summed E-state index contributed by atoms with van der Waals surface area (Å²) in [4.78, 5) is 27.5. The molecule has 2 heterocycles. The molecular formula is C19H15N3O4S. The van der Waals surface area contributed by atoms with Crippen LogP contribution in [-0.2, 0) is 16.0 Å². The van der Waals surface area contributed by atoms with Crippen LogP contribution in [0.15, 0.2) is 48.7 Å². The standard InChI is InChI=1S/C19H15N3O4S/c1-2-26-18(23)10-12-3-8-16-17(9-12)27-19-20-15(11-21(16)19)13-4-6-14(7-5-13)22(24)25/h3-9,11H,2,10H2,1H3. The van der Waals surface area contributed by atoms with Crippen LogP contribution in [0, 0.1) is 10.1 Å². The first kappa shape index (κ1) is 17.2. The summed E-state index contributed by atoms with van der Waals surface area (Å²) in [5.41, 5.74) is 3.54. The summed E-state index contributed by atoms with van der Waals surface area (Å²) < 4.78 is 8.02. The summed E-state index contributed by atoms with van der Waals surface area (Å²) in [6.07, 6.45) is 2.17. The van der Waals surface area contributed by atoms with Crippen LogP contribution in [0.25, 0.3) is 26.4 Å². The van der Waals surface area contributed by atoms with Crippen molar-refractivity contribution in [3.63, 3.8) is 0 Å². The molecule has 8 heteroatoms.